The van der Waals surface area contributed by atoms with Crippen LogP contribution in [0.2, 0.25) is 0 Å². The zero-order chi connectivity index (χ0) is 12.3. The lowest BCUT2D eigenvalue weighted by Gasteiger charge is -2.10. The number of pyridine rings is 1. The van der Waals surface area contributed by atoms with Crippen molar-refractivity contribution in [3.8, 4) is 0 Å². The summed E-state index contributed by atoms with van der Waals surface area (Å²) >= 11 is 8.56. The van der Waals surface area contributed by atoms with Crippen LogP contribution in [0, 0.1) is 0 Å². The Morgan fingerprint density at radius 3 is 2.69 bits per heavy atom. The first-order valence-electron chi connectivity index (χ1n) is 4.19. The van der Waals surface area contributed by atoms with E-state index in [1.807, 2.05) is 0 Å². The third-order valence-corrected chi connectivity index (χ3v) is 3.07. The highest BCUT2D eigenvalue weighted by Crippen LogP contribution is 2.31. The van der Waals surface area contributed by atoms with Gasteiger partial charge >= 0.3 is 5.97 Å². The van der Waals surface area contributed by atoms with Crippen LogP contribution in [0.5, 0.6) is 0 Å². The van der Waals surface area contributed by atoms with Gasteiger partial charge in [0.1, 0.15) is 5.69 Å². The van der Waals surface area contributed by atoms with E-state index in [0.29, 0.717) is 11.1 Å². The predicted molar refractivity (Wildman–Crippen MR) is 57.8 cm³/mol. The standard InChI is InChI=1S/C9H7BrClF2NO2/c10-7-5(2-11)4(1-6(15)16)3-14-8(7)9(12)13/h3,9H,1-2H2,(H,15,16). The van der Waals surface area contributed by atoms with Crippen LogP contribution in [0.4, 0.5) is 8.78 Å². The first-order valence-corrected chi connectivity index (χ1v) is 5.52. The molecule has 7 heteroatoms. The maximum absolute atomic E-state index is 12.5. The topological polar surface area (TPSA) is 50.2 Å². The van der Waals surface area contributed by atoms with Crippen molar-refractivity contribution in [3.63, 3.8) is 0 Å². The summed E-state index contributed by atoms with van der Waals surface area (Å²) in [5, 5.41) is 8.62. The van der Waals surface area contributed by atoms with Crippen molar-refractivity contribution in [2.24, 2.45) is 0 Å². The van der Waals surface area contributed by atoms with Gasteiger partial charge in [-0.05, 0) is 27.1 Å². The average Bonchev–Trinajstić information content (AvgIpc) is 2.16. The number of hydrogen-bond donors (Lipinski definition) is 1. The molecule has 0 amide bonds. The van der Waals surface area contributed by atoms with E-state index in [1.165, 1.54) is 0 Å². The second-order valence-electron chi connectivity index (χ2n) is 2.97. The van der Waals surface area contributed by atoms with Gasteiger partial charge in [-0.1, -0.05) is 0 Å². The average molecular weight is 315 g/mol. The molecule has 0 radical (unpaired) electrons. The van der Waals surface area contributed by atoms with Gasteiger partial charge in [0.25, 0.3) is 6.43 Å². The monoisotopic (exact) mass is 313 g/mol. The molecule has 1 aromatic heterocycles. The molecule has 0 aliphatic carbocycles. The van der Waals surface area contributed by atoms with E-state index in [2.05, 4.69) is 20.9 Å². The van der Waals surface area contributed by atoms with Crippen LogP contribution in [-0.4, -0.2) is 16.1 Å². The minimum atomic E-state index is -2.73. The molecule has 0 atom stereocenters. The molecule has 88 valence electrons. The van der Waals surface area contributed by atoms with Gasteiger partial charge in [0.2, 0.25) is 0 Å². The number of hydrogen-bond acceptors (Lipinski definition) is 2. The molecule has 1 rings (SSSR count). The number of carboxylic acids is 1. The zero-order valence-corrected chi connectivity index (χ0v) is 10.2. The molecule has 0 saturated carbocycles. The van der Waals surface area contributed by atoms with E-state index < -0.39 is 18.1 Å². The van der Waals surface area contributed by atoms with Crippen molar-refractivity contribution < 1.29 is 18.7 Å². The van der Waals surface area contributed by atoms with Gasteiger partial charge in [-0.2, -0.15) is 0 Å². The number of halogens is 4. The molecular formula is C9H7BrClF2NO2. The number of carbonyl (C=O) groups is 1. The molecule has 0 bridgehead atoms. The molecule has 3 nitrogen and oxygen atoms in total. The van der Waals surface area contributed by atoms with Crippen molar-refractivity contribution in [2.45, 2.75) is 18.7 Å². The van der Waals surface area contributed by atoms with Crippen molar-refractivity contribution in [1.82, 2.24) is 4.98 Å². The summed E-state index contributed by atoms with van der Waals surface area (Å²) in [5.74, 6) is -1.12. The maximum Gasteiger partial charge on any atom is 0.307 e. The number of carboxylic acid groups (broad SMARTS) is 1. The smallest absolute Gasteiger partial charge is 0.307 e. The Labute approximate surface area is 104 Å². The lowest BCUT2D eigenvalue weighted by molar-refractivity contribution is -0.136. The second kappa shape index (κ2) is 5.54. The van der Waals surface area contributed by atoms with Crippen LogP contribution in [-0.2, 0) is 17.1 Å². The lowest BCUT2D eigenvalue weighted by atomic mass is 10.1. The van der Waals surface area contributed by atoms with Crippen molar-refractivity contribution >= 4 is 33.5 Å². The summed E-state index contributed by atoms with van der Waals surface area (Å²) in [5.41, 5.74) is 0.248. The van der Waals surface area contributed by atoms with E-state index in [0.717, 1.165) is 6.20 Å². The van der Waals surface area contributed by atoms with E-state index >= 15 is 0 Å². The lowest BCUT2D eigenvalue weighted by Crippen LogP contribution is -2.06. The number of aromatic nitrogens is 1. The molecule has 0 saturated heterocycles. The van der Waals surface area contributed by atoms with Crippen molar-refractivity contribution in [1.29, 1.82) is 0 Å². The fraction of sp³-hybridized carbons (Fsp3) is 0.333. The Bertz CT molecular complexity index is 415. The van der Waals surface area contributed by atoms with Gasteiger partial charge in [-0.25, -0.2) is 8.78 Å². The van der Waals surface area contributed by atoms with E-state index in [-0.39, 0.29) is 16.8 Å². The highest BCUT2D eigenvalue weighted by Gasteiger charge is 2.19. The Hall–Kier alpha value is -0.750. The molecule has 0 aliphatic heterocycles. The molecule has 1 aromatic rings. The fourth-order valence-corrected chi connectivity index (χ4v) is 2.33. The Kier molecular flexibility index (Phi) is 4.61. The van der Waals surface area contributed by atoms with Crippen LogP contribution in [0.25, 0.3) is 0 Å². The van der Waals surface area contributed by atoms with Crippen molar-refractivity contribution in [3.05, 3.63) is 27.5 Å². The third kappa shape index (κ3) is 2.89. The fourth-order valence-electron chi connectivity index (χ4n) is 1.19. The van der Waals surface area contributed by atoms with Crippen LogP contribution in [0.15, 0.2) is 10.7 Å². The molecule has 0 aromatic carbocycles. The molecule has 0 fully saturated rings. The van der Waals surface area contributed by atoms with Gasteiger partial charge in [-0.15, -0.1) is 11.6 Å². The first kappa shape index (κ1) is 13.3. The third-order valence-electron chi connectivity index (χ3n) is 1.92. The number of alkyl halides is 3. The molecule has 1 heterocycles. The summed E-state index contributed by atoms with van der Waals surface area (Å²) in [6, 6.07) is 0. The molecule has 16 heavy (non-hydrogen) atoms. The van der Waals surface area contributed by atoms with Gasteiger partial charge < -0.3 is 5.11 Å². The normalized spacial score (nSPS) is 10.8. The summed E-state index contributed by atoms with van der Waals surface area (Å²) < 4.78 is 25.1. The number of aliphatic carboxylic acids is 1. The largest absolute Gasteiger partial charge is 0.481 e. The number of rotatable bonds is 4. The molecular weight excluding hydrogens is 307 g/mol. The Balaban J connectivity index is 3.23. The van der Waals surface area contributed by atoms with E-state index in [4.69, 9.17) is 16.7 Å². The predicted octanol–water partition coefficient (Wildman–Crippen LogP) is 3.15. The minimum Gasteiger partial charge on any atom is -0.481 e. The minimum absolute atomic E-state index is 0.0502. The summed E-state index contributed by atoms with van der Waals surface area (Å²) in [4.78, 5) is 14.1. The van der Waals surface area contributed by atoms with Gasteiger partial charge in [0, 0.05) is 16.5 Å². The Morgan fingerprint density at radius 2 is 2.25 bits per heavy atom. The van der Waals surface area contributed by atoms with Crippen LogP contribution >= 0.6 is 27.5 Å². The molecule has 1 N–H and O–H groups in total. The maximum atomic E-state index is 12.5. The second-order valence-corrected chi connectivity index (χ2v) is 4.03. The molecule has 0 spiro atoms. The SMILES string of the molecule is O=C(O)Cc1cnc(C(F)F)c(Br)c1CCl. The van der Waals surface area contributed by atoms with Crippen LogP contribution in [0.1, 0.15) is 23.2 Å². The Morgan fingerprint density at radius 1 is 1.62 bits per heavy atom. The molecule has 0 aliphatic rings. The summed E-state index contributed by atoms with van der Waals surface area (Å²) in [7, 11) is 0. The molecule has 0 unspecified atom stereocenters. The van der Waals surface area contributed by atoms with E-state index in [9.17, 15) is 13.6 Å². The van der Waals surface area contributed by atoms with Crippen LogP contribution in [0.3, 0.4) is 0 Å². The van der Waals surface area contributed by atoms with Crippen LogP contribution < -0.4 is 0 Å². The van der Waals surface area contributed by atoms with Gasteiger partial charge in [-0.3, -0.25) is 9.78 Å². The summed E-state index contributed by atoms with van der Waals surface area (Å²) in [6.45, 7) is 0. The zero-order valence-electron chi connectivity index (χ0n) is 7.88. The highest BCUT2D eigenvalue weighted by molar-refractivity contribution is 9.10. The first-order chi connectivity index (χ1) is 7.47. The van der Waals surface area contributed by atoms with Crippen molar-refractivity contribution in [2.75, 3.05) is 0 Å². The quantitative estimate of drug-likeness (QED) is 0.869. The van der Waals surface area contributed by atoms with Gasteiger partial charge in [0.05, 0.1) is 6.42 Å². The highest BCUT2D eigenvalue weighted by atomic mass is 79.9. The summed E-state index contributed by atoms with van der Waals surface area (Å²) in [6.07, 6.45) is -1.90. The number of nitrogens with zero attached hydrogens (tertiary/aromatic N) is 1. The van der Waals surface area contributed by atoms with Gasteiger partial charge in [0.15, 0.2) is 0 Å². The van der Waals surface area contributed by atoms with E-state index in [1.54, 1.807) is 0 Å².